The van der Waals surface area contributed by atoms with E-state index in [-0.39, 0.29) is 13.1 Å². The summed E-state index contributed by atoms with van der Waals surface area (Å²) in [6.45, 7) is 0.274. The van der Waals surface area contributed by atoms with Crippen LogP contribution in [0.1, 0.15) is 6.42 Å². The molecule has 2 aliphatic heterocycles. The number of carboxylic acid groups (broad SMARTS) is 1. The molecule has 2 heterocycles. The van der Waals surface area contributed by atoms with Gasteiger partial charge in [-0.1, -0.05) is 0 Å². The number of ether oxygens (including phenoxy) is 1. The third-order valence-corrected chi connectivity index (χ3v) is 2.59. The van der Waals surface area contributed by atoms with Gasteiger partial charge >= 0.3 is 18.0 Å². The number of esters is 2. The van der Waals surface area contributed by atoms with Crippen LogP contribution in [0.15, 0.2) is 0 Å². The third kappa shape index (κ3) is 1.32. The fraction of sp³-hybridized carbons (Fsp3) is 0.625. The molecule has 14 heavy (non-hydrogen) atoms. The fourth-order valence-electron chi connectivity index (χ4n) is 1.86. The second-order valence-electron chi connectivity index (χ2n) is 3.56. The number of hydrogen-bond acceptors (Lipinski definition) is 4. The number of likely N-dealkylation sites (tertiary alicyclic amines) is 1. The molecule has 2 atom stereocenters. The van der Waals surface area contributed by atoms with Gasteiger partial charge in [0, 0.05) is 13.1 Å². The van der Waals surface area contributed by atoms with E-state index < -0.39 is 29.9 Å². The Morgan fingerprint density at radius 3 is 2.21 bits per heavy atom. The highest BCUT2D eigenvalue weighted by molar-refractivity contribution is 5.92. The first-order valence-corrected chi connectivity index (χ1v) is 4.31. The Balaban J connectivity index is 2.17. The lowest BCUT2D eigenvalue weighted by Gasteiger charge is -2.36. The van der Waals surface area contributed by atoms with Crippen molar-refractivity contribution in [3.05, 3.63) is 0 Å². The van der Waals surface area contributed by atoms with E-state index in [4.69, 9.17) is 5.11 Å². The highest BCUT2D eigenvalue weighted by Crippen LogP contribution is 2.28. The van der Waals surface area contributed by atoms with Crippen LogP contribution >= 0.6 is 0 Å². The molecule has 2 aliphatic rings. The molecule has 0 aliphatic carbocycles. The van der Waals surface area contributed by atoms with Crippen LogP contribution in [0.4, 0.5) is 4.79 Å². The smallest absolute Gasteiger partial charge is 0.407 e. The predicted octanol–water partition coefficient (Wildman–Crippen LogP) is -0.314. The summed E-state index contributed by atoms with van der Waals surface area (Å²) in [5.41, 5.74) is 0. The Kier molecular flexibility index (Phi) is 1.90. The van der Waals surface area contributed by atoms with Crippen molar-refractivity contribution >= 4 is 18.0 Å². The molecular formula is C8H9NO5. The highest BCUT2D eigenvalue weighted by atomic mass is 16.6. The Labute approximate surface area is 79.4 Å². The summed E-state index contributed by atoms with van der Waals surface area (Å²) in [5, 5.41) is 8.73. The van der Waals surface area contributed by atoms with Crippen molar-refractivity contribution < 1.29 is 24.2 Å². The van der Waals surface area contributed by atoms with E-state index in [1.807, 2.05) is 0 Å². The topological polar surface area (TPSA) is 83.9 Å². The second-order valence-corrected chi connectivity index (χ2v) is 3.56. The Bertz CT molecular complexity index is 291. The van der Waals surface area contributed by atoms with Gasteiger partial charge in [0.15, 0.2) is 0 Å². The molecule has 76 valence electrons. The summed E-state index contributed by atoms with van der Waals surface area (Å²) in [7, 11) is 0. The van der Waals surface area contributed by atoms with Crippen molar-refractivity contribution in [1.82, 2.24) is 4.90 Å². The summed E-state index contributed by atoms with van der Waals surface area (Å²) in [6.07, 6.45) is -0.677. The summed E-state index contributed by atoms with van der Waals surface area (Å²) < 4.78 is 4.48. The zero-order chi connectivity index (χ0) is 10.3. The molecule has 0 aromatic rings. The zero-order valence-electron chi connectivity index (χ0n) is 7.30. The molecule has 2 rings (SSSR count). The maximum absolute atomic E-state index is 11.1. The van der Waals surface area contributed by atoms with Crippen molar-refractivity contribution in [3.8, 4) is 0 Å². The van der Waals surface area contributed by atoms with Crippen molar-refractivity contribution in [3.63, 3.8) is 0 Å². The van der Waals surface area contributed by atoms with Crippen LogP contribution in [0.5, 0.6) is 0 Å². The van der Waals surface area contributed by atoms with Gasteiger partial charge in [-0.2, -0.15) is 0 Å². The van der Waals surface area contributed by atoms with Crippen LogP contribution in [0, 0.1) is 11.8 Å². The largest absolute Gasteiger partial charge is 0.465 e. The van der Waals surface area contributed by atoms with E-state index in [2.05, 4.69) is 4.74 Å². The summed E-state index contributed by atoms with van der Waals surface area (Å²) in [4.78, 5) is 34.0. The van der Waals surface area contributed by atoms with Gasteiger partial charge in [-0.3, -0.25) is 9.59 Å². The summed E-state index contributed by atoms with van der Waals surface area (Å²) >= 11 is 0. The molecule has 1 amide bonds. The number of fused-ring (bicyclic) bond motifs is 2. The van der Waals surface area contributed by atoms with Gasteiger partial charge in [0.25, 0.3) is 0 Å². The molecule has 6 heteroatoms. The molecular weight excluding hydrogens is 190 g/mol. The molecule has 6 nitrogen and oxygen atoms in total. The quantitative estimate of drug-likeness (QED) is 0.427. The van der Waals surface area contributed by atoms with Crippen LogP contribution in [-0.4, -0.2) is 41.1 Å². The molecule has 0 aromatic carbocycles. The Morgan fingerprint density at radius 1 is 1.29 bits per heavy atom. The predicted molar refractivity (Wildman–Crippen MR) is 42.3 cm³/mol. The number of carbonyl (C=O) groups is 3. The van der Waals surface area contributed by atoms with Gasteiger partial charge in [-0.05, 0) is 6.42 Å². The molecule has 2 saturated heterocycles. The number of amides is 1. The van der Waals surface area contributed by atoms with E-state index in [1.54, 1.807) is 0 Å². The number of rotatable bonds is 0. The lowest BCUT2D eigenvalue weighted by molar-refractivity contribution is -0.175. The van der Waals surface area contributed by atoms with E-state index >= 15 is 0 Å². The van der Waals surface area contributed by atoms with Gasteiger partial charge in [-0.25, -0.2) is 4.79 Å². The molecule has 2 bridgehead atoms. The standard InChI is InChI=1S/C8H9NO5/c10-6-4-1-5(7(11)14-6)3-9(2-4)8(12)13/h4-5H,1-3H2,(H,12,13). The Hall–Kier alpha value is -1.59. The number of piperidine rings is 1. The van der Waals surface area contributed by atoms with Crippen molar-refractivity contribution in [2.24, 2.45) is 11.8 Å². The molecule has 0 saturated carbocycles. The van der Waals surface area contributed by atoms with E-state index in [1.165, 1.54) is 0 Å². The Morgan fingerprint density at radius 2 is 1.79 bits per heavy atom. The lowest BCUT2D eigenvalue weighted by atomic mass is 9.87. The van der Waals surface area contributed by atoms with Crippen LogP contribution in [0.2, 0.25) is 0 Å². The highest BCUT2D eigenvalue weighted by Gasteiger charge is 2.43. The SMILES string of the molecule is O=C1OC(=O)C2CC1CN(C(=O)O)C2. The minimum atomic E-state index is -1.10. The van der Waals surface area contributed by atoms with Crippen LogP contribution < -0.4 is 0 Å². The van der Waals surface area contributed by atoms with Gasteiger partial charge in [0.1, 0.15) is 0 Å². The normalized spacial score (nSPS) is 31.3. The number of hydrogen-bond donors (Lipinski definition) is 1. The van der Waals surface area contributed by atoms with Gasteiger partial charge in [-0.15, -0.1) is 0 Å². The number of carbonyl (C=O) groups excluding carboxylic acids is 2. The van der Waals surface area contributed by atoms with Crippen LogP contribution in [0.3, 0.4) is 0 Å². The molecule has 0 radical (unpaired) electrons. The molecule has 1 N–H and O–H groups in total. The van der Waals surface area contributed by atoms with E-state index in [0.29, 0.717) is 6.42 Å². The molecule has 0 aromatic heterocycles. The van der Waals surface area contributed by atoms with Crippen molar-refractivity contribution in [1.29, 1.82) is 0 Å². The first-order valence-electron chi connectivity index (χ1n) is 4.31. The lowest BCUT2D eigenvalue weighted by Crippen LogP contribution is -2.52. The minimum Gasteiger partial charge on any atom is -0.465 e. The number of cyclic esters (lactones) is 2. The summed E-state index contributed by atoms with van der Waals surface area (Å²) in [6, 6.07) is 0. The van der Waals surface area contributed by atoms with E-state index in [0.717, 1.165) is 4.90 Å². The average molecular weight is 199 g/mol. The average Bonchev–Trinajstić information content (AvgIpc) is 2.15. The van der Waals surface area contributed by atoms with Crippen LogP contribution in [0.25, 0.3) is 0 Å². The monoisotopic (exact) mass is 199 g/mol. The maximum atomic E-state index is 11.1. The zero-order valence-corrected chi connectivity index (χ0v) is 7.30. The first-order chi connectivity index (χ1) is 6.58. The van der Waals surface area contributed by atoms with Crippen molar-refractivity contribution in [2.45, 2.75) is 6.42 Å². The molecule has 2 unspecified atom stereocenters. The van der Waals surface area contributed by atoms with Crippen LogP contribution in [-0.2, 0) is 14.3 Å². The van der Waals surface area contributed by atoms with E-state index in [9.17, 15) is 14.4 Å². The fourth-order valence-corrected chi connectivity index (χ4v) is 1.86. The first kappa shape index (κ1) is 8.98. The molecule has 0 spiro atoms. The van der Waals surface area contributed by atoms with Gasteiger partial charge < -0.3 is 14.7 Å². The van der Waals surface area contributed by atoms with Crippen molar-refractivity contribution in [2.75, 3.05) is 13.1 Å². The maximum Gasteiger partial charge on any atom is 0.407 e. The summed E-state index contributed by atoms with van der Waals surface area (Å²) in [5.74, 6) is -2.14. The molecule has 2 fully saturated rings. The third-order valence-electron chi connectivity index (χ3n) is 2.59. The minimum absolute atomic E-state index is 0.137. The van der Waals surface area contributed by atoms with Gasteiger partial charge in [0.05, 0.1) is 11.8 Å². The van der Waals surface area contributed by atoms with Gasteiger partial charge in [0.2, 0.25) is 0 Å². The number of nitrogens with zero attached hydrogens (tertiary/aromatic N) is 1. The second kappa shape index (κ2) is 2.97.